The third-order valence-electron chi connectivity index (χ3n) is 5.49. The van der Waals surface area contributed by atoms with Crippen molar-refractivity contribution in [1.29, 1.82) is 0 Å². The van der Waals surface area contributed by atoms with Crippen molar-refractivity contribution in [2.24, 2.45) is 0 Å². The van der Waals surface area contributed by atoms with E-state index in [0.29, 0.717) is 40.9 Å². The largest absolute Gasteiger partial charge is 0.495 e. The molecule has 1 aliphatic heterocycles. The number of halogens is 1. The number of carbonyl (C=O) groups excluding carboxylic acids is 2. The van der Waals surface area contributed by atoms with Crippen molar-refractivity contribution >= 4 is 34.9 Å². The average molecular weight is 466 g/mol. The Labute approximate surface area is 197 Å². The molecule has 0 atom stereocenters. The number of urea groups is 1. The molecule has 0 fully saturated rings. The van der Waals surface area contributed by atoms with Gasteiger partial charge in [-0.05, 0) is 41.8 Å². The zero-order valence-corrected chi connectivity index (χ0v) is 19.1. The Bertz CT molecular complexity index is 1180. The number of rotatable bonds is 6. The number of anilines is 2. The van der Waals surface area contributed by atoms with Gasteiger partial charge in [-0.3, -0.25) is 4.79 Å². The molecular weight excluding hydrogens is 442 g/mol. The number of fused-ring (bicyclic) bond motifs is 1. The Morgan fingerprint density at radius 1 is 1.00 bits per heavy atom. The maximum atomic E-state index is 12.9. The van der Waals surface area contributed by atoms with Gasteiger partial charge in [-0.15, -0.1) is 0 Å². The second-order valence-corrected chi connectivity index (χ2v) is 7.94. The number of methoxy groups -OCH3 is 2. The summed E-state index contributed by atoms with van der Waals surface area (Å²) < 4.78 is 10.5. The van der Waals surface area contributed by atoms with E-state index in [1.807, 2.05) is 48.5 Å². The minimum Gasteiger partial charge on any atom is -0.495 e. The zero-order chi connectivity index (χ0) is 23.4. The monoisotopic (exact) mass is 465 g/mol. The van der Waals surface area contributed by atoms with Crippen molar-refractivity contribution in [2.45, 2.75) is 13.0 Å². The minimum absolute atomic E-state index is 0.0271. The molecule has 2 N–H and O–H groups in total. The molecule has 0 radical (unpaired) electrons. The van der Waals surface area contributed by atoms with E-state index < -0.39 is 6.03 Å². The molecule has 4 rings (SSSR count). The maximum absolute atomic E-state index is 12.9. The Kier molecular flexibility index (Phi) is 6.70. The smallest absolute Gasteiger partial charge is 0.319 e. The lowest BCUT2D eigenvalue weighted by molar-refractivity contribution is 0.0989. The lowest BCUT2D eigenvalue weighted by Crippen LogP contribution is -2.29. The van der Waals surface area contributed by atoms with Crippen molar-refractivity contribution < 1.29 is 19.1 Å². The molecule has 3 aromatic rings. The van der Waals surface area contributed by atoms with Crippen LogP contribution in [0, 0.1) is 0 Å². The number of ether oxygens (including phenoxy) is 2. The summed E-state index contributed by atoms with van der Waals surface area (Å²) in [6.45, 7) is 0.928. The third-order valence-corrected chi connectivity index (χ3v) is 5.78. The molecule has 1 heterocycles. The van der Waals surface area contributed by atoms with Gasteiger partial charge in [-0.1, -0.05) is 41.9 Å². The fourth-order valence-electron chi connectivity index (χ4n) is 3.79. The summed E-state index contributed by atoms with van der Waals surface area (Å²) in [5, 5.41) is 5.93. The average Bonchev–Trinajstić information content (AvgIpc) is 3.26. The summed E-state index contributed by atoms with van der Waals surface area (Å²) >= 11 is 6.17. The number of benzene rings is 3. The standard InChI is InChI=1S/C25H24ClN3O4/c1-32-22-14-23(33-2)20(13-19(22)26)28-25(31)27-15-16-8-9-17-10-11-29(21(17)12-16)24(30)18-6-4-3-5-7-18/h3-9,12-14H,10-11,15H2,1-2H3,(H2,27,28,31). The molecule has 0 saturated heterocycles. The molecule has 3 aromatic carbocycles. The molecular formula is C25H24ClN3O4. The Balaban J connectivity index is 1.43. The summed E-state index contributed by atoms with van der Waals surface area (Å²) in [5.74, 6) is 0.854. The van der Waals surface area contributed by atoms with E-state index in [1.54, 1.807) is 17.0 Å². The highest BCUT2D eigenvalue weighted by atomic mass is 35.5. The predicted molar refractivity (Wildman–Crippen MR) is 129 cm³/mol. The van der Waals surface area contributed by atoms with Gasteiger partial charge in [0.2, 0.25) is 0 Å². The summed E-state index contributed by atoms with van der Waals surface area (Å²) in [7, 11) is 3.00. The first-order valence-corrected chi connectivity index (χ1v) is 10.8. The first-order chi connectivity index (χ1) is 16.0. The number of nitrogens with zero attached hydrogens (tertiary/aromatic N) is 1. The minimum atomic E-state index is -0.410. The second kappa shape index (κ2) is 9.83. The van der Waals surface area contributed by atoms with Crippen molar-refractivity contribution in [3.63, 3.8) is 0 Å². The Morgan fingerprint density at radius 3 is 2.48 bits per heavy atom. The summed E-state index contributed by atoms with van der Waals surface area (Å²) in [4.78, 5) is 27.2. The third kappa shape index (κ3) is 4.88. The first-order valence-electron chi connectivity index (χ1n) is 10.4. The van der Waals surface area contributed by atoms with Gasteiger partial charge in [0.1, 0.15) is 11.5 Å². The van der Waals surface area contributed by atoms with Gasteiger partial charge in [-0.25, -0.2) is 4.79 Å². The van der Waals surface area contributed by atoms with Gasteiger partial charge >= 0.3 is 6.03 Å². The molecule has 3 amide bonds. The van der Waals surface area contributed by atoms with E-state index in [4.69, 9.17) is 21.1 Å². The summed E-state index contributed by atoms with van der Waals surface area (Å²) in [5.41, 5.74) is 3.96. The SMILES string of the molecule is COc1cc(OC)c(NC(=O)NCc2ccc3c(c2)N(C(=O)c2ccccc2)CC3)cc1Cl. The van der Waals surface area contributed by atoms with Gasteiger partial charge < -0.3 is 25.0 Å². The molecule has 8 heteroatoms. The highest BCUT2D eigenvalue weighted by molar-refractivity contribution is 6.32. The molecule has 0 unspecified atom stereocenters. The maximum Gasteiger partial charge on any atom is 0.319 e. The normalized spacial score (nSPS) is 12.2. The van der Waals surface area contributed by atoms with Crippen LogP contribution in [0.3, 0.4) is 0 Å². The van der Waals surface area contributed by atoms with Gasteiger partial charge in [0, 0.05) is 30.4 Å². The molecule has 33 heavy (non-hydrogen) atoms. The van der Waals surface area contributed by atoms with Crippen LogP contribution in [0.25, 0.3) is 0 Å². The van der Waals surface area contributed by atoms with Crippen LogP contribution in [0.15, 0.2) is 60.7 Å². The second-order valence-electron chi connectivity index (χ2n) is 7.53. The molecule has 0 aromatic heterocycles. The van der Waals surface area contributed by atoms with Crippen molar-refractivity contribution in [1.82, 2.24) is 5.32 Å². The van der Waals surface area contributed by atoms with Crippen LogP contribution in [0.5, 0.6) is 11.5 Å². The van der Waals surface area contributed by atoms with E-state index >= 15 is 0 Å². The highest BCUT2D eigenvalue weighted by Gasteiger charge is 2.25. The number of amides is 3. The quantitative estimate of drug-likeness (QED) is 0.543. The topological polar surface area (TPSA) is 79.9 Å². The van der Waals surface area contributed by atoms with E-state index in [-0.39, 0.29) is 5.91 Å². The molecule has 0 spiro atoms. The van der Waals surface area contributed by atoms with Crippen LogP contribution in [0.2, 0.25) is 5.02 Å². The van der Waals surface area contributed by atoms with Crippen molar-refractivity contribution in [3.8, 4) is 11.5 Å². The highest BCUT2D eigenvalue weighted by Crippen LogP contribution is 2.36. The van der Waals surface area contributed by atoms with Gasteiger partial charge in [0.05, 0.1) is 24.9 Å². The van der Waals surface area contributed by atoms with Crippen LogP contribution in [0.4, 0.5) is 16.2 Å². The van der Waals surface area contributed by atoms with Crippen molar-refractivity contribution in [2.75, 3.05) is 31.0 Å². The predicted octanol–water partition coefficient (Wildman–Crippen LogP) is 4.88. The molecule has 0 saturated carbocycles. The molecule has 170 valence electrons. The van der Waals surface area contributed by atoms with E-state index in [0.717, 1.165) is 23.2 Å². The number of carbonyl (C=O) groups is 2. The number of hydrogen-bond acceptors (Lipinski definition) is 4. The Morgan fingerprint density at radius 2 is 1.76 bits per heavy atom. The van der Waals surface area contributed by atoms with Crippen LogP contribution in [0.1, 0.15) is 21.5 Å². The number of hydrogen-bond donors (Lipinski definition) is 2. The van der Waals surface area contributed by atoms with E-state index in [1.165, 1.54) is 14.2 Å². The summed E-state index contributed by atoms with van der Waals surface area (Å²) in [6.07, 6.45) is 0.806. The van der Waals surface area contributed by atoms with Crippen LogP contribution in [-0.4, -0.2) is 32.7 Å². The first kappa shape index (κ1) is 22.5. The summed E-state index contributed by atoms with van der Waals surface area (Å²) in [6, 6.07) is 17.9. The lowest BCUT2D eigenvalue weighted by Gasteiger charge is -2.18. The van der Waals surface area contributed by atoms with Gasteiger partial charge in [-0.2, -0.15) is 0 Å². The lowest BCUT2D eigenvalue weighted by atomic mass is 10.1. The van der Waals surface area contributed by atoms with E-state index in [2.05, 4.69) is 10.6 Å². The van der Waals surface area contributed by atoms with Crippen LogP contribution < -0.4 is 25.0 Å². The number of nitrogens with one attached hydrogen (secondary N) is 2. The molecule has 0 aliphatic carbocycles. The van der Waals surface area contributed by atoms with E-state index in [9.17, 15) is 9.59 Å². The molecule has 1 aliphatic rings. The van der Waals surface area contributed by atoms with Crippen LogP contribution in [-0.2, 0) is 13.0 Å². The van der Waals surface area contributed by atoms with Crippen LogP contribution >= 0.6 is 11.6 Å². The van der Waals surface area contributed by atoms with Gasteiger partial charge in [0.25, 0.3) is 5.91 Å². The zero-order valence-electron chi connectivity index (χ0n) is 18.4. The van der Waals surface area contributed by atoms with Crippen molar-refractivity contribution in [3.05, 3.63) is 82.4 Å². The molecule has 7 nitrogen and oxygen atoms in total. The van der Waals surface area contributed by atoms with Gasteiger partial charge in [0.15, 0.2) is 0 Å². The molecule has 0 bridgehead atoms. The fourth-order valence-corrected chi connectivity index (χ4v) is 4.03. The Hall–Kier alpha value is -3.71. The fraction of sp³-hybridized carbons (Fsp3) is 0.200.